The van der Waals surface area contributed by atoms with Crippen molar-refractivity contribution >= 4 is 10.9 Å². The van der Waals surface area contributed by atoms with Gasteiger partial charge in [0.1, 0.15) is 5.75 Å². The fraction of sp³-hybridized carbons (Fsp3) is 0.429. The van der Waals surface area contributed by atoms with Gasteiger partial charge in [-0.2, -0.15) is 0 Å². The van der Waals surface area contributed by atoms with E-state index in [9.17, 15) is 9.59 Å². The predicted molar refractivity (Wildman–Crippen MR) is 72.9 cm³/mol. The predicted octanol–water partition coefficient (Wildman–Crippen LogP) is 1.81. The summed E-state index contributed by atoms with van der Waals surface area (Å²) >= 11 is 0. The Labute approximate surface area is 109 Å². The molecule has 3 rings (SSSR count). The summed E-state index contributed by atoms with van der Waals surface area (Å²) in [4.78, 5) is 27.4. The second-order valence-corrected chi connectivity index (χ2v) is 4.93. The SMILES string of the molecule is COc1cccc2c(=O)n(C3CCCC3)c(=O)[nH]c12. The number of fused-ring (bicyclic) bond motifs is 1. The molecule has 1 aromatic carbocycles. The van der Waals surface area contributed by atoms with Crippen LogP contribution in [-0.4, -0.2) is 16.7 Å². The highest BCUT2D eigenvalue weighted by atomic mass is 16.5. The molecule has 0 aliphatic heterocycles. The monoisotopic (exact) mass is 260 g/mol. The van der Waals surface area contributed by atoms with Crippen LogP contribution in [0.4, 0.5) is 0 Å². The van der Waals surface area contributed by atoms with E-state index in [2.05, 4.69) is 4.98 Å². The lowest BCUT2D eigenvalue weighted by atomic mass is 10.2. The summed E-state index contributed by atoms with van der Waals surface area (Å²) in [6, 6.07) is 5.26. The van der Waals surface area contributed by atoms with Crippen molar-refractivity contribution < 1.29 is 4.74 Å². The highest BCUT2D eigenvalue weighted by Gasteiger charge is 2.21. The minimum absolute atomic E-state index is 0.0341. The minimum Gasteiger partial charge on any atom is -0.495 e. The van der Waals surface area contributed by atoms with Gasteiger partial charge in [0.05, 0.1) is 18.0 Å². The average Bonchev–Trinajstić information content (AvgIpc) is 2.92. The van der Waals surface area contributed by atoms with E-state index in [0.29, 0.717) is 16.7 Å². The Morgan fingerprint density at radius 3 is 2.68 bits per heavy atom. The van der Waals surface area contributed by atoms with E-state index in [1.165, 1.54) is 11.7 Å². The molecule has 0 saturated heterocycles. The molecular weight excluding hydrogens is 244 g/mol. The van der Waals surface area contributed by atoms with Gasteiger partial charge in [0.2, 0.25) is 0 Å². The zero-order chi connectivity index (χ0) is 13.4. The van der Waals surface area contributed by atoms with E-state index < -0.39 is 0 Å². The maximum atomic E-state index is 12.5. The summed E-state index contributed by atoms with van der Waals surface area (Å²) in [5.74, 6) is 0.519. The number of H-pyrrole nitrogens is 1. The third kappa shape index (κ3) is 1.85. The van der Waals surface area contributed by atoms with Gasteiger partial charge in [-0.1, -0.05) is 18.9 Å². The Hall–Kier alpha value is -2.04. The van der Waals surface area contributed by atoms with Gasteiger partial charge in [-0.3, -0.25) is 9.36 Å². The number of hydrogen-bond donors (Lipinski definition) is 1. The van der Waals surface area contributed by atoms with E-state index in [1.807, 2.05) is 0 Å². The Morgan fingerprint density at radius 2 is 2.00 bits per heavy atom. The molecule has 0 atom stereocenters. The number of benzene rings is 1. The minimum atomic E-state index is -0.339. The van der Waals surface area contributed by atoms with Crippen LogP contribution < -0.4 is 16.0 Å². The van der Waals surface area contributed by atoms with E-state index >= 15 is 0 Å². The summed E-state index contributed by atoms with van der Waals surface area (Å²) in [6.45, 7) is 0. The lowest BCUT2D eigenvalue weighted by Gasteiger charge is -2.13. The number of para-hydroxylation sites is 1. The van der Waals surface area contributed by atoms with Crippen molar-refractivity contribution in [3.8, 4) is 5.75 Å². The van der Waals surface area contributed by atoms with Crippen LogP contribution in [0.15, 0.2) is 27.8 Å². The van der Waals surface area contributed by atoms with Crippen molar-refractivity contribution in [2.75, 3.05) is 7.11 Å². The Kier molecular flexibility index (Phi) is 2.89. The molecule has 1 saturated carbocycles. The molecule has 19 heavy (non-hydrogen) atoms. The molecule has 0 bridgehead atoms. The second kappa shape index (κ2) is 4.57. The molecule has 1 heterocycles. The molecule has 1 N–H and O–H groups in total. The van der Waals surface area contributed by atoms with Gasteiger partial charge in [-0.15, -0.1) is 0 Å². The molecule has 2 aromatic rings. The van der Waals surface area contributed by atoms with Crippen molar-refractivity contribution in [2.45, 2.75) is 31.7 Å². The van der Waals surface area contributed by atoms with Crippen molar-refractivity contribution in [1.82, 2.24) is 9.55 Å². The van der Waals surface area contributed by atoms with Gasteiger partial charge in [-0.25, -0.2) is 4.79 Å². The van der Waals surface area contributed by atoms with E-state index in [4.69, 9.17) is 4.74 Å². The van der Waals surface area contributed by atoms with Crippen LogP contribution in [0, 0.1) is 0 Å². The van der Waals surface area contributed by atoms with Gasteiger partial charge >= 0.3 is 5.69 Å². The molecule has 5 nitrogen and oxygen atoms in total. The van der Waals surface area contributed by atoms with Crippen molar-refractivity contribution in [1.29, 1.82) is 0 Å². The summed E-state index contributed by atoms with van der Waals surface area (Å²) in [5, 5.41) is 0.505. The Balaban J connectivity index is 2.31. The number of aromatic nitrogens is 2. The van der Waals surface area contributed by atoms with Gasteiger partial charge < -0.3 is 9.72 Å². The van der Waals surface area contributed by atoms with Crippen LogP contribution in [-0.2, 0) is 0 Å². The first kappa shape index (κ1) is 12.0. The first-order chi connectivity index (χ1) is 9.22. The first-order valence-corrected chi connectivity index (χ1v) is 6.54. The molecule has 1 fully saturated rings. The molecule has 1 aliphatic rings. The van der Waals surface area contributed by atoms with Crippen molar-refractivity contribution in [3.63, 3.8) is 0 Å². The van der Waals surface area contributed by atoms with E-state index in [0.717, 1.165) is 25.7 Å². The largest absolute Gasteiger partial charge is 0.495 e. The normalized spacial score (nSPS) is 16.1. The standard InChI is InChI=1S/C14H16N2O3/c1-19-11-8-4-7-10-12(11)15-14(18)16(13(10)17)9-5-2-3-6-9/h4,7-9H,2-3,5-6H2,1H3,(H,15,18). The van der Waals surface area contributed by atoms with Crippen molar-refractivity contribution in [3.05, 3.63) is 39.0 Å². The van der Waals surface area contributed by atoms with Crippen LogP contribution in [0.25, 0.3) is 10.9 Å². The number of hydrogen-bond acceptors (Lipinski definition) is 3. The zero-order valence-corrected chi connectivity index (χ0v) is 10.8. The summed E-state index contributed by atoms with van der Waals surface area (Å²) in [5.41, 5.74) is -0.0762. The highest BCUT2D eigenvalue weighted by molar-refractivity contribution is 5.83. The van der Waals surface area contributed by atoms with E-state index in [-0.39, 0.29) is 17.3 Å². The Bertz CT molecular complexity index is 724. The van der Waals surface area contributed by atoms with Crippen LogP contribution in [0.5, 0.6) is 5.75 Å². The quantitative estimate of drug-likeness (QED) is 0.895. The van der Waals surface area contributed by atoms with E-state index in [1.54, 1.807) is 18.2 Å². The fourth-order valence-electron chi connectivity index (χ4n) is 2.89. The molecule has 100 valence electrons. The molecule has 1 aromatic heterocycles. The number of ether oxygens (including phenoxy) is 1. The molecule has 0 unspecified atom stereocenters. The van der Waals surface area contributed by atoms with Gasteiger partial charge in [-0.05, 0) is 25.0 Å². The number of aromatic amines is 1. The lowest BCUT2D eigenvalue weighted by Crippen LogP contribution is -2.37. The molecule has 5 heteroatoms. The maximum Gasteiger partial charge on any atom is 0.329 e. The fourth-order valence-corrected chi connectivity index (χ4v) is 2.89. The van der Waals surface area contributed by atoms with Gasteiger partial charge in [0.15, 0.2) is 0 Å². The number of nitrogens with zero attached hydrogens (tertiary/aromatic N) is 1. The van der Waals surface area contributed by atoms with Crippen molar-refractivity contribution in [2.24, 2.45) is 0 Å². The summed E-state index contributed by atoms with van der Waals surface area (Å²) in [7, 11) is 1.52. The van der Waals surface area contributed by atoms with Crippen LogP contribution in [0.1, 0.15) is 31.7 Å². The summed E-state index contributed by atoms with van der Waals surface area (Å²) in [6.07, 6.45) is 3.95. The van der Waals surface area contributed by atoms with Crippen LogP contribution in [0.2, 0.25) is 0 Å². The number of rotatable bonds is 2. The number of methoxy groups -OCH3 is 1. The average molecular weight is 260 g/mol. The topological polar surface area (TPSA) is 64.1 Å². The third-order valence-electron chi connectivity index (χ3n) is 3.84. The highest BCUT2D eigenvalue weighted by Crippen LogP contribution is 2.28. The lowest BCUT2D eigenvalue weighted by molar-refractivity contribution is 0.418. The van der Waals surface area contributed by atoms with Crippen LogP contribution >= 0.6 is 0 Å². The van der Waals surface area contributed by atoms with Crippen LogP contribution in [0.3, 0.4) is 0 Å². The molecule has 1 aliphatic carbocycles. The molecule has 0 radical (unpaired) electrons. The second-order valence-electron chi connectivity index (χ2n) is 4.93. The molecular formula is C14H16N2O3. The third-order valence-corrected chi connectivity index (χ3v) is 3.84. The Morgan fingerprint density at radius 1 is 1.26 bits per heavy atom. The first-order valence-electron chi connectivity index (χ1n) is 6.54. The molecule has 0 spiro atoms. The van der Waals surface area contributed by atoms with Gasteiger partial charge in [0.25, 0.3) is 5.56 Å². The molecule has 0 amide bonds. The zero-order valence-electron chi connectivity index (χ0n) is 10.8. The van der Waals surface area contributed by atoms with Gasteiger partial charge in [0, 0.05) is 6.04 Å². The maximum absolute atomic E-state index is 12.5. The summed E-state index contributed by atoms with van der Waals surface area (Å²) < 4.78 is 6.55. The number of nitrogens with one attached hydrogen (secondary N) is 1. The smallest absolute Gasteiger partial charge is 0.329 e.